The van der Waals surface area contributed by atoms with Crippen LogP contribution in [0.15, 0.2) is 77.7 Å². The number of amides is 2. The van der Waals surface area contributed by atoms with Crippen LogP contribution in [0.3, 0.4) is 0 Å². The topological polar surface area (TPSA) is 97.3 Å². The molecule has 4 unspecified atom stereocenters. The second kappa shape index (κ2) is 14.0. The van der Waals surface area contributed by atoms with Gasteiger partial charge in [0.2, 0.25) is 5.91 Å². The summed E-state index contributed by atoms with van der Waals surface area (Å²) in [6, 6.07) is 20.8. The molecule has 3 aromatic carbocycles. The number of likely N-dealkylation sites (tertiary alicyclic amines) is 1. The molecule has 2 fully saturated rings. The highest BCUT2D eigenvalue weighted by molar-refractivity contribution is 7.99. The lowest BCUT2D eigenvalue weighted by atomic mass is 10.0. The van der Waals surface area contributed by atoms with Crippen molar-refractivity contribution in [1.82, 2.24) is 4.90 Å². The molecule has 0 spiro atoms. The zero-order valence-electron chi connectivity index (χ0n) is 24.0. The Morgan fingerprint density at radius 1 is 1.05 bits per heavy atom. The van der Waals surface area contributed by atoms with E-state index in [1.807, 2.05) is 48.5 Å². The first kappa shape index (κ1) is 31.8. The van der Waals surface area contributed by atoms with E-state index in [2.05, 4.69) is 5.32 Å². The first-order chi connectivity index (χ1) is 21.2. The number of para-hydroxylation sites is 1. The first-order valence-electron chi connectivity index (χ1n) is 14.2. The standard InChI is InChI=1S/C32H33F3N2O6S/c1-41-26-9-2-3-10-28(26)44-19-24-17-27(21-13-11-20(18-38)12-14-21)43-30(42-24)22-6-4-7-23(16-22)36-29(39)25-8-5-15-37(25)31(40)32(33,34)35/h2-4,6-7,9-14,16,24-25,27,30,38H,5,8,15,17-19H2,1H3,(H,36,39). The molecule has 0 saturated carbocycles. The number of carbonyl (C=O) groups is 2. The zero-order valence-corrected chi connectivity index (χ0v) is 24.8. The van der Waals surface area contributed by atoms with Gasteiger partial charge in [0, 0.05) is 34.9 Å². The third-order valence-corrected chi connectivity index (χ3v) is 8.78. The van der Waals surface area contributed by atoms with E-state index in [4.69, 9.17) is 14.2 Å². The highest BCUT2D eigenvalue weighted by atomic mass is 32.2. The molecule has 12 heteroatoms. The molecule has 2 aliphatic heterocycles. The van der Waals surface area contributed by atoms with Crippen molar-refractivity contribution in [2.75, 3.05) is 24.7 Å². The number of thioether (sulfide) groups is 1. The highest BCUT2D eigenvalue weighted by Crippen LogP contribution is 2.41. The number of aliphatic hydroxyl groups is 1. The van der Waals surface area contributed by atoms with Gasteiger partial charge < -0.3 is 29.5 Å². The SMILES string of the molecule is COc1ccccc1SCC1CC(c2ccc(CO)cc2)OC(c2cccc(NC(=O)C3CCCN3C(=O)C(F)(F)F)c2)O1. The summed E-state index contributed by atoms with van der Waals surface area (Å²) in [7, 11) is 1.62. The van der Waals surface area contributed by atoms with Crippen molar-refractivity contribution >= 4 is 29.3 Å². The summed E-state index contributed by atoms with van der Waals surface area (Å²) >= 11 is 1.60. The number of alkyl halides is 3. The Labute approximate surface area is 257 Å². The lowest BCUT2D eigenvalue weighted by Gasteiger charge is -2.36. The maximum atomic E-state index is 13.1. The van der Waals surface area contributed by atoms with Crippen LogP contribution in [0.25, 0.3) is 0 Å². The lowest BCUT2D eigenvalue weighted by Crippen LogP contribution is -2.48. The summed E-state index contributed by atoms with van der Waals surface area (Å²) in [4.78, 5) is 26.4. The Morgan fingerprint density at radius 2 is 1.82 bits per heavy atom. The number of ether oxygens (including phenoxy) is 3. The largest absolute Gasteiger partial charge is 0.496 e. The van der Waals surface area contributed by atoms with E-state index >= 15 is 0 Å². The zero-order chi connectivity index (χ0) is 31.3. The van der Waals surface area contributed by atoms with Crippen LogP contribution in [0.1, 0.15) is 48.3 Å². The molecule has 8 nitrogen and oxygen atoms in total. The minimum absolute atomic E-state index is 0.0722. The fraction of sp³-hybridized carbons (Fsp3) is 0.375. The molecule has 0 bridgehead atoms. The third kappa shape index (κ3) is 7.55. The monoisotopic (exact) mass is 630 g/mol. The fourth-order valence-electron chi connectivity index (χ4n) is 5.38. The van der Waals surface area contributed by atoms with E-state index in [0.29, 0.717) is 34.7 Å². The van der Waals surface area contributed by atoms with Crippen molar-refractivity contribution < 1.29 is 42.1 Å². The van der Waals surface area contributed by atoms with Gasteiger partial charge in [-0.2, -0.15) is 13.2 Å². The lowest BCUT2D eigenvalue weighted by molar-refractivity contribution is -0.245. The minimum Gasteiger partial charge on any atom is -0.496 e. The number of anilines is 1. The van der Waals surface area contributed by atoms with Gasteiger partial charge in [0.25, 0.3) is 0 Å². The predicted octanol–water partition coefficient (Wildman–Crippen LogP) is 6.02. The van der Waals surface area contributed by atoms with Gasteiger partial charge in [-0.15, -0.1) is 11.8 Å². The maximum Gasteiger partial charge on any atom is 0.471 e. The molecule has 0 aliphatic carbocycles. The van der Waals surface area contributed by atoms with Gasteiger partial charge in [-0.25, -0.2) is 0 Å². The molecule has 234 valence electrons. The second-order valence-corrected chi connectivity index (χ2v) is 11.6. The quantitative estimate of drug-likeness (QED) is 0.279. The smallest absolute Gasteiger partial charge is 0.471 e. The van der Waals surface area contributed by atoms with Crippen molar-refractivity contribution in [2.24, 2.45) is 0 Å². The van der Waals surface area contributed by atoms with Crippen LogP contribution < -0.4 is 10.1 Å². The number of hydrogen-bond donors (Lipinski definition) is 2. The van der Waals surface area contributed by atoms with E-state index in [-0.39, 0.29) is 31.8 Å². The maximum absolute atomic E-state index is 13.1. The summed E-state index contributed by atoms with van der Waals surface area (Å²) in [6.07, 6.45) is -5.40. The highest BCUT2D eigenvalue weighted by Gasteiger charge is 2.47. The minimum atomic E-state index is -5.05. The Balaban J connectivity index is 1.33. The van der Waals surface area contributed by atoms with Crippen molar-refractivity contribution in [2.45, 2.75) is 61.5 Å². The number of rotatable bonds is 9. The Bertz CT molecular complexity index is 1450. The molecule has 3 aromatic rings. The van der Waals surface area contributed by atoms with Crippen LogP contribution in [-0.4, -0.2) is 59.6 Å². The second-order valence-electron chi connectivity index (χ2n) is 10.6. The van der Waals surface area contributed by atoms with Crippen LogP contribution >= 0.6 is 11.8 Å². The van der Waals surface area contributed by atoms with Gasteiger partial charge in [0.05, 0.1) is 25.9 Å². The van der Waals surface area contributed by atoms with Crippen LogP contribution in [0.5, 0.6) is 5.75 Å². The van der Waals surface area contributed by atoms with Crippen molar-refractivity contribution in [3.05, 3.63) is 89.5 Å². The number of benzene rings is 3. The summed E-state index contributed by atoms with van der Waals surface area (Å²) in [5.41, 5.74) is 2.66. The molecule has 4 atom stereocenters. The molecule has 2 N–H and O–H groups in total. The van der Waals surface area contributed by atoms with E-state index in [1.54, 1.807) is 43.1 Å². The molecule has 2 aliphatic rings. The predicted molar refractivity (Wildman–Crippen MR) is 158 cm³/mol. The Hall–Kier alpha value is -3.58. The summed E-state index contributed by atoms with van der Waals surface area (Å²) in [5.74, 6) is -1.33. The van der Waals surface area contributed by atoms with Crippen molar-refractivity contribution in [3.63, 3.8) is 0 Å². The summed E-state index contributed by atoms with van der Waals surface area (Å²) in [5, 5.41) is 12.1. The summed E-state index contributed by atoms with van der Waals surface area (Å²) in [6.45, 7) is -0.202. The van der Waals surface area contributed by atoms with Crippen molar-refractivity contribution in [3.8, 4) is 5.75 Å². The van der Waals surface area contributed by atoms with E-state index < -0.39 is 30.3 Å². The molecule has 0 aromatic heterocycles. The number of carbonyl (C=O) groups excluding carboxylic acids is 2. The van der Waals surface area contributed by atoms with Gasteiger partial charge in [-0.3, -0.25) is 9.59 Å². The number of hydrogen-bond acceptors (Lipinski definition) is 7. The average molecular weight is 631 g/mol. The number of nitrogens with zero attached hydrogens (tertiary/aromatic N) is 1. The van der Waals surface area contributed by atoms with E-state index in [0.717, 1.165) is 21.8 Å². The normalized spacial score (nSPS) is 22.1. The number of aliphatic hydroxyl groups excluding tert-OH is 1. The fourth-order valence-corrected chi connectivity index (χ4v) is 6.43. The van der Waals surface area contributed by atoms with Gasteiger partial charge >= 0.3 is 12.1 Å². The van der Waals surface area contributed by atoms with Crippen LogP contribution in [0.4, 0.5) is 18.9 Å². The molecule has 2 heterocycles. The van der Waals surface area contributed by atoms with E-state index in [1.165, 1.54) is 0 Å². The van der Waals surface area contributed by atoms with Gasteiger partial charge in [-0.1, -0.05) is 48.5 Å². The Kier molecular flexibility index (Phi) is 10.1. The Morgan fingerprint density at radius 3 is 2.55 bits per heavy atom. The number of methoxy groups -OCH3 is 1. The van der Waals surface area contributed by atoms with Crippen LogP contribution in [0, 0.1) is 0 Å². The van der Waals surface area contributed by atoms with Gasteiger partial charge in [0.1, 0.15) is 11.8 Å². The molecule has 44 heavy (non-hydrogen) atoms. The van der Waals surface area contributed by atoms with E-state index in [9.17, 15) is 27.9 Å². The summed E-state index contributed by atoms with van der Waals surface area (Å²) < 4.78 is 57.5. The molecular weight excluding hydrogens is 597 g/mol. The first-order valence-corrected chi connectivity index (χ1v) is 15.2. The average Bonchev–Trinajstić information content (AvgIpc) is 3.53. The molecule has 0 radical (unpaired) electrons. The van der Waals surface area contributed by atoms with Crippen LogP contribution in [0.2, 0.25) is 0 Å². The van der Waals surface area contributed by atoms with Crippen molar-refractivity contribution in [1.29, 1.82) is 0 Å². The number of halogens is 3. The van der Waals surface area contributed by atoms with Gasteiger partial charge in [-0.05, 0) is 48.2 Å². The molecule has 2 amide bonds. The third-order valence-electron chi connectivity index (χ3n) is 7.59. The molecule has 2 saturated heterocycles. The molecule has 5 rings (SSSR count). The molecular formula is C32H33F3N2O6S. The van der Waals surface area contributed by atoms with Gasteiger partial charge in [0.15, 0.2) is 6.29 Å². The number of nitrogens with one attached hydrogen (secondary N) is 1. The van der Waals surface area contributed by atoms with Crippen LogP contribution in [-0.2, 0) is 25.7 Å².